The van der Waals surface area contributed by atoms with E-state index < -0.39 is 15.8 Å². The first-order valence-electron chi connectivity index (χ1n) is 9.07. The average Bonchev–Trinajstić information content (AvgIpc) is 2.74. The first kappa shape index (κ1) is 19.9. The highest BCUT2D eigenvalue weighted by molar-refractivity contribution is 5.96. The number of amides is 1. The van der Waals surface area contributed by atoms with Gasteiger partial charge >= 0.3 is 0 Å². The number of carbonyl (C=O) groups excluding carboxylic acids is 1. The standard InChI is InChI=1S/C19H19N5O5/c25-19(14-4-6-16(7-5-14)23(26)27)21-20-13-15-12-17(24(28)29)8-9-18(15)22-10-2-1-3-11-22/h4-9,12-13H,1-3,10-11H2,(H,21,25)/b20-13+. The van der Waals surface area contributed by atoms with Gasteiger partial charge in [-0.2, -0.15) is 5.10 Å². The van der Waals surface area contributed by atoms with E-state index in [1.165, 1.54) is 42.6 Å². The fourth-order valence-corrected chi connectivity index (χ4v) is 3.14. The summed E-state index contributed by atoms with van der Waals surface area (Å²) in [5, 5.41) is 25.7. The molecule has 1 aliphatic rings. The van der Waals surface area contributed by atoms with E-state index in [-0.39, 0.29) is 16.9 Å². The molecule has 0 spiro atoms. The Balaban J connectivity index is 1.77. The van der Waals surface area contributed by atoms with Crippen LogP contribution in [0.4, 0.5) is 17.1 Å². The fourth-order valence-electron chi connectivity index (χ4n) is 3.14. The van der Waals surface area contributed by atoms with Gasteiger partial charge in [0.05, 0.1) is 16.1 Å². The predicted molar refractivity (Wildman–Crippen MR) is 107 cm³/mol. The molecule has 1 amide bonds. The molecule has 0 unspecified atom stereocenters. The largest absolute Gasteiger partial charge is 0.371 e. The van der Waals surface area contributed by atoms with E-state index in [0.29, 0.717) is 5.56 Å². The summed E-state index contributed by atoms with van der Waals surface area (Å²) >= 11 is 0. The number of non-ortho nitro benzene ring substituents is 2. The third kappa shape index (κ3) is 4.92. The number of anilines is 1. The van der Waals surface area contributed by atoms with Crippen LogP contribution in [0, 0.1) is 20.2 Å². The van der Waals surface area contributed by atoms with Crippen molar-refractivity contribution in [3.63, 3.8) is 0 Å². The lowest BCUT2D eigenvalue weighted by molar-refractivity contribution is -0.385. The number of nitro benzene ring substituents is 2. The Labute approximate surface area is 166 Å². The molecule has 29 heavy (non-hydrogen) atoms. The molecule has 150 valence electrons. The smallest absolute Gasteiger partial charge is 0.271 e. The van der Waals surface area contributed by atoms with Gasteiger partial charge in [-0.05, 0) is 37.5 Å². The van der Waals surface area contributed by atoms with Crippen molar-refractivity contribution in [2.24, 2.45) is 5.10 Å². The zero-order valence-corrected chi connectivity index (χ0v) is 15.5. The Bertz CT molecular complexity index is 952. The van der Waals surface area contributed by atoms with Crippen molar-refractivity contribution in [3.05, 3.63) is 73.8 Å². The van der Waals surface area contributed by atoms with Gasteiger partial charge in [0, 0.05) is 54.2 Å². The topological polar surface area (TPSA) is 131 Å². The summed E-state index contributed by atoms with van der Waals surface area (Å²) < 4.78 is 0. The Morgan fingerprint density at radius 1 is 0.966 bits per heavy atom. The third-order valence-corrected chi connectivity index (χ3v) is 4.63. The molecule has 1 heterocycles. The van der Waals surface area contributed by atoms with E-state index in [0.717, 1.165) is 38.0 Å². The number of carbonyl (C=O) groups is 1. The first-order valence-corrected chi connectivity index (χ1v) is 9.07. The zero-order valence-electron chi connectivity index (χ0n) is 15.5. The number of nitrogens with one attached hydrogen (secondary N) is 1. The molecule has 0 radical (unpaired) electrons. The quantitative estimate of drug-likeness (QED) is 0.452. The summed E-state index contributed by atoms with van der Waals surface area (Å²) in [6, 6.07) is 9.69. The molecule has 3 rings (SSSR count). The molecular formula is C19H19N5O5. The lowest BCUT2D eigenvalue weighted by Gasteiger charge is -2.29. The number of nitro groups is 2. The predicted octanol–water partition coefficient (Wildman–Crippen LogP) is 3.26. The van der Waals surface area contributed by atoms with Gasteiger partial charge in [-0.3, -0.25) is 25.0 Å². The lowest BCUT2D eigenvalue weighted by atomic mass is 10.1. The van der Waals surface area contributed by atoms with Crippen molar-refractivity contribution in [2.45, 2.75) is 19.3 Å². The van der Waals surface area contributed by atoms with Crippen LogP contribution >= 0.6 is 0 Å². The van der Waals surface area contributed by atoms with Crippen molar-refractivity contribution in [2.75, 3.05) is 18.0 Å². The van der Waals surface area contributed by atoms with E-state index in [2.05, 4.69) is 15.4 Å². The monoisotopic (exact) mass is 397 g/mol. The normalized spacial score (nSPS) is 14.0. The van der Waals surface area contributed by atoms with E-state index in [4.69, 9.17) is 0 Å². The highest BCUT2D eigenvalue weighted by Crippen LogP contribution is 2.27. The maximum Gasteiger partial charge on any atom is 0.271 e. The lowest BCUT2D eigenvalue weighted by Crippen LogP contribution is -2.30. The molecule has 0 bridgehead atoms. The van der Waals surface area contributed by atoms with Crippen LogP contribution in [-0.2, 0) is 0 Å². The summed E-state index contributed by atoms with van der Waals surface area (Å²) in [7, 11) is 0. The van der Waals surface area contributed by atoms with Gasteiger partial charge < -0.3 is 4.90 Å². The van der Waals surface area contributed by atoms with Crippen LogP contribution < -0.4 is 10.3 Å². The van der Waals surface area contributed by atoms with Crippen LogP contribution in [0.1, 0.15) is 35.2 Å². The SMILES string of the molecule is O=C(N/N=C/c1cc([N+](=O)[O-])ccc1N1CCCCC1)c1ccc([N+](=O)[O-])cc1. The molecular weight excluding hydrogens is 378 g/mol. The highest BCUT2D eigenvalue weighted by atomic mass is 16.6. The summed E-state index contributed by atoms with van der Waals surface area (Å²) in [5.41, 5.74) is 3.73. The molecule has 1 aliphatic heterocycles. The second-order valence-corrected chi connectivity index (χ2v) is 6.55. The van der Waals surface area contributed by atoms with Crippen LogP contribution in [0.2, 0.25) is 0 Å². The highest BCUT2D eigenvalue weighted by Gasteiger charge is 2.17. The minimum Gasteiger partial charge on any atom is -0.371 e. The number of benzene rings is 2. The third-order valence-electron chi connectivity index (χ3n) is 4.63. The number of rotatable bonds is 6. The zero-order chi connectivity index (χ0) is 20.8. The van der Waals surface area contributed by atoms with Crippen LogP contribution in [0.3, 0.4) is 0 Å². The molecule has 2 aromatic carbocycles. The maximum absolute atomic E-state index is 12.2. The van der Waals surface area contributed by atoms with Gasteiger partial charge in [-0.15, -0.1) is 0 Å². The Morgan fingerprint density at radius 2 is 1.59 bits per heavy atom. The molecule has 0 saturated carbocycles. The van der Waals surface area contributed by atoms with Crippen molar-refractivity contribution < 1.29 is 14.6 Å². The van der Waals surface area contributed by atoms with E-state index in [1.54, 1.807) is 6.07 Å². The molecule has 10 heteroatoms. The molecule has 10 nitrogen and oxygen atoms in total. The van der Waals surface area contributed by atoms with E-state index >= 15 is 0 Å². The molecule has 1 fully saturated rings. The van der Waals surface area contributed by atoms with Crippen LogP contribution in [0.5, 0.6) is 0 Å². The van der Waals surface area contributed by atoms with Crippen LogP contribution in [-0.4, -0.2) is 35.1 Å². The molecule has 0 aliphatic carbocycles. The number of piperidine rings is 1. The summed E-state index contributed by atoms with van der Waals surface area (Å²) in [6.07, 6.45) is 4.62. The van der Waals surface area contributed by atoms with Crippen molar-refractivity contribution in [3.8, 4) is 0 Å². The second kappa shape index (κ2) is 8.91. The van der Waals surface area contributed by atoms with Gasteiger partial charge in [0.2, 0.25) is 0 Å². The molecule has 2 aromatic rings. The van der Waals surface area contributed by atoms with Gasteiger partial charge in [0.1, 0.15) is 0 Å². The number of hydrogen-bond acceptors (Lipinski definition) is 7. The second-order valence-electron chi connectivity index (χ2n) is 6.55. The van der Waals surface area contributed by atoms with Gasteiger partial charge in [-0.25, -0.2) is 5.43 Å². The minimum atomic E-state index is -0.551. The average molecular weight is 397 g/mol. The molecule has 0 atom stereocenters. The summed E-state index contributed by atoms with van der Waals surface area (Å²) in [5.74, 6) is -0.541. The van der Waals surface area contributed by atoms with Crippen molar-refractivity contribution in [1.29, 1.82) is 0 Å². The van der Waals surface area contributed by atoms with Crippen molar-refractivity contribution >= 4 is 29.2 Å². The summed E-state index contributed by atoms with van der Waals surface area (Å²) in [4.78, 5) is 35.1. The Kier molecular flexibility index (Phi) is 6.12. The molecule has 1 N–H and O–H groups in total. The van der Waals surface area contributed by atoms with Crippen molar-refractivity contribution in [1.82, 2.24) is 5.43 Å². The summed E-state index contributed by atoms with van der Waals surface area (Å²) in [6.45, 7) is 1.71. The Hall–Kier alpha value is -3.82. The molecule has 0 aromatic heterocycles. The first-order chi connectivity index (χ1) is 14.0. The van der Waals surface area contributed by atoms with E-state index in [9.17, 15) is 25.0 Å². The number of nitrogens with zero attached hydrogens (tertiary/aromatic N) is 4. The number of hydrazone groups is 1. The molecule has 1 saturated heterocycles. The Morgan fingerprint density at radius 3 is 2.21 bits per heavy atom. The van der Waals surface area contributed by atoms with E-state index in [1.807, 2.05) is 0 Å². The van der Waals surface area contributed by atoms with Gasteiger partial charge in [-0.1, -0.05) is 0 Å². The fraction of sp³-hybridized carbons (Fsp3) is 0.263. The minimum absolute atomic E-state index is 0.0612. The van der Waals surface area contributed by atoms with Crippen LogP contribution in [0.15, 0.2) is 47.6 Å². The maximum atomic E-state index is 12.2. The van der Waals surface area contributed by atoms with Gasteiger partial charge in [0.15, 0.2) is 0 Å². The van der Waals surface area contributed by atoms with Gasteiger partial charge in [0.25, 0.3) is 17.3 Å². The number of hydrogen-bond donors (Lipinski definition) is 1. The van der Waals surface area contributed by atoms with Crippen LogP contribution in [0.25, 0.3) is 0 Å².